The number of unbranched alkanes of at least 4 members (excludes halogenated alkanes) is 1. The molecule has 0 radical (unpaired) electrons. The van der Waals surface area contributed by atoms with Gasteiger partial charge in [0.2, 0.25) is 6.79 Å². The summed E-state index contributed by atoms with van der Waals surface area (Å²) in [7, 11) is 1.71. The number of hydrogen-bond acceptors (Lipinski definition) is 8. The van der Waals surface area contributed by atoms with E-state index in [9.17, 15) is 0 Å². The lowest BCUT2D eigenvalue weighted by Crippen LogP contribution is -2.47. The molecule has 1 atom stereocenters. The Hall–Kier alpha value is -1.94. The number of rotatable bonds is 10. The zero-order chi connectivity index (χ0) is 20.8. The molecule has 0 saturated carbocycles. The van der Waals surface area contributed by atoms with Crippen molar-refractivity contribution in [3.05, 3.63) is 29.6 Å². The minimum absolute atomic E-state index is 0. The van der Waals surface area contributed by atoms with E-state index >= 15 is 0 Å². The number of tetrazole rings is 1. The Balaban J connectivity index is 0.00000272. The van der Waals surface area contributed by atoms with E-state index in [0.29, 0.717) is 19.9 Å². The van der Waals surface area contributed by atoms with Crippen molar-refractivity contribution in [2.24, 2.45) is 0 Å². The molecule has 0 bridgehead atoms. The first-order valence-electron chi connectivity index (χ1n) is 10.9. The summed E-state index contributed by atoms with van der Waals surface area (Å²) in [5, 5.41) is 12.5. The van der Waals surface area contributed by atoms with E-state index in [2.05, 4.69) is 44.4 Å². The zero-order valence-electron chi connectivity index (χ0n) is 18.4. The minimum atomic E-state index is 0. The van der Waals surface area contributed by atoms with Crippen LogP contribution in [0.3, 0.4) is 0 Å². The average molecular weight is 453 g/mol. The second-order valence-corrected chi connectivity index (χ2v) is 7.91. The highest BCUT2D eigenvalue weighted by Crippen LogP contribution is 2.33. The van der Waals surface area contributed by atoms with E-state index in [1.54, 1.807) is 7.11 Å². The standard InChI is InChI=1S/C21H32N6O3.ClH/c1-3-4-5-18(21-22-23-24-27(21)12-13-28-2)26-10-8-25(9-11-26)15-17-6-7-19-20(14-17)30-16-29-19;/h6-7,14,18H,3-5,8-13,15-16H2,1-2H3;1H. The van der Waals surface area contributed by atoms with Crippen molar-refractivity contribution in [2.45, 2.75) is 45.3 Å². The highest BCUT2D eigenvalue weighted by Gasteiger charge is 2.29. The second kappa shape index (κ2) is 11.6. The maximum Gasteiger partial charge on any atom is 0.231 e. The third kappa shape index (κ3) is 5.85. The van der Waals surface area contributed by atoms with Crippen molar-refractivity contribution in [2.75, 3.05) is 46.7 Å². The summed E-state index contributed by atoms with van der Waals surface area (Å²) >= 11 is 0. The van der Waals surface area contributed by atoms with Gasteiger partial charge in [0.25, 0.3) is 0 Å². The summed E-state index contributed by atoms with van der Waals surface area (Å²) in [5.74, 6) is 2.66. The van der Waals surface area contributed by atoms with E-state index in [-0.39, 0.29) is 18.4 Å². The minimum Gasteiger partial charge on any atom is -0.454 e. The first kappa shape index (κ1) is 23.7. The maximum absolute atomic E-state index is 5.52. The first-order chi connectivity index (χ1) is 14.8. The fourth-order valence-corrected chi connectivity index (χ4v) is 4.19. The molecule has 4 rings (SSSR count). The van der Waals surface area contributed by atoms with Crippen LogP contribution in [0, 0.1) is 0 Å². The van der Waals surface area contributed by atoms with E-state index in [1.165, 1.54) is 18.4 Å². The summed E-state index contributed by atoms with van der Waals surface area (Å²) in [6, 6.07) is 6.50. The third-order valence-electron chi connectivity index (χ3n) is 5.89. The fourth-order valence-electron chi connectivity index (χ4n) is 4.19. The summed E-state index contributed by atoms with van der Waals surface area (Å²) in [4.78, 5) is 5.04. The number of benzene rings is 1. The molecule has 9 nitrogen and oxygen atoms in total. The van der Waals surface area contributed by atoms with Crippen LogP contribution in [0.4, 0.5) is 0 Å². The Morgan fingerprint density at radius 1 is 1.13 bits per heavy atom. The Labute approximate surface area is 190 Å². The monoisotopic (exact) mass is 452 g/mol. The zero-order valence-corrected chi connectivity index (χ0v) is 19.2. The number of piperazine rings is 1. The average Bonchev–Trinajstić information content (AvgIpc) is 3.43. The van der Waals surface area contributed by atoms with Crippen LogP contribution in [0.5, 0.6) is 11.5 Å². The molecule has 0 spiro atoms. The van der Waals surface area contributed by atoms with Gasteiger partial charge < -0.3 is 14.2 Å². The van der Waals surface area contributed by atoms with Gasteiger partial charge in [0.1, 0.15) is 0 Å². The number of hydrogen-bond donors (Lipinski definition) is 0. The SMILES string of the molecule is CCCCC(c1nnnn1CCOC)N1CCN(Cc2ccc3c(c2)OCO3)CC1.Cl. The van der Waals surface area contributed by atoms with Crippen molar-refractivity contribution in [1.82, 2.24) is 30.0 Å². The van der Waals surface area contributed by atoms with Crippen molar-refractivity contribution in [1.29, 1.82) is 0 Å². The van der Waals surface area contributed by atoms with Crippen LogP contribution in [-0.2, 0) is 17.8 Å². The summed E-state index contributed by atoms with van der Waals surface area (Å²) < 4.78 is 18.1. The largest absolute Gasteiger partial charge is 0.454 e. The Morgan fingerprint density at radius 3 is 2.71 bits per heavy atom. The second-order valence-electron chi connectivity index (χ2n) is 7.91. The molecule has 1 saturated heterocycles. The van der Waals surface area contributed by atoms with Crippen LogP contribution in [0.2, 0.25) is 0 Å². The van der Waals surface area contributed by atoms with Gasteiger partial charge in [-0.1, -0.05) is 25.8 Å². The predicted molar refractivity (Wildman–Crippen MR) is 119 cm³/mol. The number of nitrogens with zero attached hydrogens (tertiary/aromatic N) is 6. The number of halogens is 1. The molecule has 2 aliphatic heterocycles. The molecule has 1 aromatic heterocycles. The van der Waals surface area contributed by atoms with Gasteiger partial charge in [-0.3, -0.25) is 9.80 Å². The van der Waals surface area contributed by atoms with Crippen LogP contribution in [-0.4, -0.2) is 76.7 Å². The summed E-state index contributed by atoms with van der Waals surface area (Å²) in [5.41, 5.74) is 1.26. The van der Waals surface area contributed by atoms with Crippen molar-refractivity contribution < 1.29 is 14.2 Å². The lowest BCUT2D eigenvalue weighted by Gasteiger charge is -2.38. The highest BCUT2D eigenvalue weighted by molar-refractivity contribution is 5.85. The van der Waals surface area contributed by atoms with Gasteiger partial charge >= 0.3 is 0 Å². The molecule has 31 heavy (non-hydrogen) atoms. The van der Waals surface area contributed by atoms with Gasteiger partial charge in [0.05, 0.1) is 19.2 Å². The Kier molecular flexibility index (Phi) is 8.89. The Bertz CT molecular complexity index is 812. The van der Waals surface area contributed by atoms with E-state index < -0.39 is 0 Å². The molecule has 10 heteroatoms. The number of ether oxygens (including phenoxy) is 3. The topological polar surface area (TPSA) is 77.8 Å². The molecule has 2 aliphatic rings. The normalized spacial score (nSPS) is 17.5. The van der Waals surface area contributed by atoms with Crippen molar-refractivity contribution >= 4 is 12.4 Å². The number of fused-ring (bicyclic) bond motifs is 1. The van der Waals surface area contributed by atoms with Gasteiger partial charge in [0.15, 0.2) is 17.3 Å². The third-order valence-corrected chi connectivity index (χ3v) is 5.89. The van der Waals surface area contributed by atoms with Crippen LogP contribution >= 0.6 is 12.4 Å². The maximum atomic E-state index is 5.52. The molecule has 0 N–H and O–H groups in total. The number of methoxy groups -OCH3 is 1. The molecule has 0 aliphatic carbocycles. The summed E-state index contributed by atoms with van der Waals surface area (Å²) in [6.07, 6.45) is 3.41. The molecular weight excluding hydrogens is 420 g/mol. The van der Waals surface area contributed by atoms with Crippen LogP contribution in [0.25, 0.3) is 0 Å². The molecule has 172 valence electrons. The molecule has 1 fully saturated rings. The predicted octanol–water partition coefficient (Wildman–Crippen LogP) is 2.52. The quantitative estimate of drug-likeness (QED) is 0.544. The van der Waals surface area contributed by atoms with Crippen LogP contribution in [0.1, 0.15) is 43.6 Å². The van der Waals surface area contributed by atoms with Crippen molar-refractivity contribution in [3.8, 4) is 11.5 Å². The molecule has 2 aromatic rings. The Morgan fingerprint density at radius 2 is 1.94 bits per heavy atom. The van der Waals surface area contributed by atoms with Crippen molar-refractivity contribution in [3.63, 3.8) is 0 Å². The van der Waals surface area contributed by atoms with E-state index in [4.69, 9.17) is 14.2 Å². The molecule has 3 heterocycles. The lowest BCUT2D eigenvalue weighted by molar-refractivity contribution is 0.0801. The fraction of sp³-hybridized carbons (Fsp3) is 0.667. The van der Waals surface area contributed by atoms with Crippen LogP contribution < -0.4 is 9.47 Å². The van der Waals surface area contributed by atoms with Crippen LogP contribution in [0.15, 0.2) is 18.2 Å². The molecule has 1 aromatic carbocycles. The van der Waals surface area contributed by atoms with Gasteiger partial charge in [-0.2, -0.15) is 0 Å². The van der Waals surface area contributed by atoms with E-state index in [0.717, 1.165) is 56.5 Å². The molecular formula is C21H33ClN6O3. The summed E-state index contributed by atoms with van der Waals surface area (Å²) in [6.45, 7) is 8.84. The smallest absolute Gasteiger partial charge is 0.231 e. The van der Waals surface area contributed by atoms with Gasteiger partial charge in [-0.25, -0.2) is 4.68 Å². The molecule has 0 amide bonds. The van der Waals surface area contributed by atoms with Gasteiger partial charge in [-0.05, 0) is 34.5 Å². The first-order valence-corrected chi connectivity index (χ1v) is 10.9. The number of aromatic nitrogens is 4. The lowest BCUT2D eigenvalue weighted by atomic mass is 10.1. The van der Waals surface area contributed by atoms with E-state index in [1.807, 2.05) is 10.7 Å². The highest BCUT2D eigenvalue weighted by atomic mass is 35.5. The van der Waals surface area contributed by atoms with Gasteiger partial charge in [0, 0.05) is 39.8 Å². The van der Waals surface area contributed by atoms with Gasteiger partial charge in [-0.15, -0.1) is 17.5 Å². The molecule has 1 unspecified atom stereocenters.